The number of fused-ring (bicyclic) bond motifs is 5. The van der Waals surface area contributed by atoms with Crippen molar-refractivity contribution in [3.05, 3.63) is 0 Å². The lowest BCUT2D eigenvalue weighted by Gasteiger charge is -2.70. The maximum Gasteiger partial charge on any atom is 0.323 e. The molecule has 0 aliphatic heterocycles. The van der Waals surface area contributed by atoms with Gasteiger partial charge in [0.25, 0.3) is 0 Å². The maximum absolute atomic E-state index is 13.0. The molecular formula is C36H65NO5. The van der Waals surface area contributed by atoms with Crippen molar-refractivity contribution < 1.29 is 24.9 Å². The third kappa shape index (κ3) is 5.51. The number of aliphatic hydroxyl groups excluding tert-OH is 1. The topological polar surface area (TPSA) is 113 Å². The van der Waals surface area contributed by atoms with Crippen LogP contribution in [0.4, 0.5) is 0 Å². The first-order valence-electron chi connectivity index (χ1n) is 17.2. The summed E-state index contributed by atoms with van der Waals surface area (Å²) in [5.74, 6) is 0.731. The van der Waals surface area contributed by atoms with E-state index in [1.165, 1.54) is 0 Å². The molecule has 5 N–H and O–H groups in total. The quantitative estimate of drug-likeness (QED) is 0.224. The van der Waals surface area contributed by atoms with Gasteiger partial charge in [-0.3, -0.25) is 4.79 Å². The van der Waals surface area contributed by atoms with E-state index < -0.39 is 23.3 Å². The van der Waals surface area contributed by atoms with Gasteiger partial charge >= 0.3 is 5.97 Å². The Hall–Kier alpha value is -0.690. The van der Waals surface area contributed by atoms with Gasteiger partial charge in [0.15, 0.2) is 0 Å². The summed E-state index contributed by atoms with van der Waals surface area (Å²) in [6, 6.07) is -0.582. The van der Waals surface area contributed by atoms with Crippen LogP contribution in [-0.2, 0) is 9.53 Å². The Bertz CT molecular complexity index is 988. The van der Waals surface area contributed by atoms with Gasteiger partial charge in [0.2, 0.25) is 0 Å². The lowest BCUT2D eigenvalue weighted by molar-refractivity contribution is -0.249. The molecule has 4 aliphatic carbocycles. The zero-order chi connectivity index (χ0) is 31.7. The first-order chi connectivity index (χ1) is 19.2. The van der Waals surface area contributed by atoms with Crippen LogP contribution in [0.15, 0.2) is 0 Å². The summed E-state index contributed by atoms with van der Waals surface area (Å²) in [7, 11) is 0. The van der Waals surface area contributed by atoms with Gasteiger partial charge in [-0.1, -0.05) is 54.9 Å². The Labute approximate surface area is 256 Å². The Morgan fingerprint density at radius 1 is 0.952 bits per heavy atom. The first kappa shape index (κ1) is 34.2. The highest BCUT2D eigenvalue weighted by atomic mass is 16.5. The number of nitrogens with two attached hydrogens (primary N) is 1. The van der Waals surface area contributed by atoms with Gasteiger partial charge in [-0.15, -0.1) is 0 Å². The monoisotopic (exact) mass is 591 g/mol. The summed E-state index contributed by atoms with van der Waals surface area (Å²) in [5, 5.41) is 34.0. The first-order valence-corrected chi connectivity index (χ1v) is 17.2. The van der Waals surface area contributed by atoms with Crippen LogP contribution in [0.5, 0.6) is 0 Å². The van der Waals surface area contributed by atoms with E-state index in [-0.39, 0.29) is 51.5 Å². The minimum Gasteiger partial charge on any atom is -0.461 e. The van der Waals surface area contributed by atoms with Crippen LogP contribution < -0.4 is 5.73 Å². The van der Waals surface area contributed by atoms with E-state index in [1.807, 2.05) is 27.7 Å². The summed E-state index contributed by atoms with van der Waals surface area (Å²) in [6.45, 7) is 21.7. The van der Waals surface area contributed by atoms with Crippen molar-refractivity contribution in [1.29, 1.82) is 0 Å². The predicted molar refractivity (Wildman–Crippen MR) is 168 cm³/mol. The molecule has 0 unspecified atom stereocenters. The third-order valence-corrected chi connectivity index (χ3v) is 14.4. The minimum absolute atomic E-state index is 0.0422. The smallest absolute Gasteiger partial charge is 0.323 e. The molecule has 0 heterocycles. The van der Waals surface area contributed by atoms with Crippen LogP contribution in [0.25, 0.3) is 0 Å². The van der Waals surface area contributed by atoms with Gasteiger partial charge in [0, 0.05) is 5.41 Å². The molecule has 4 rings (SSSR count). The molecule has 0 aromatic rings. The standard InChI is InChI=1S/C36H65NO5/c1-11-22(2)29(37)30(39)42-27-15-18-33(7)25(32(27,5)6)14-20-34(8)26(33)21-24(38)28-23(13-19-35(28,34)9)36(10,41)17-12-16-31(3,4)40/h22-29,38,40-41H,11-21,37H2,1-10H3/t22-,23-,24+,25-,26+,27-,28-,29-,33-,34+,35+,36+/m0/s1. The largest absolute Gasteiger partial charge is 0.461 e. The van der Waals surface area contributed by atoms with Crippen molar-refractivity contribution >= 4 is 5.97 Å². The molecule has 0 saturated heterocycles. The molecule has 6 heteroatoms. The number of hydrogen-bond acceptors (Lipinski definition) is 6. The van der Waals surface area contributed by atoms with Crippen LogP contribution in [0.3, 0.4) is 0 Å². The fourth-order valence-electron chi connectivity index (χ4n) is 11.4. The summed E-state index contributed by atoms with van der Waals surface area (Å²) < 4.78 is 6.20. The van der Waals surface area contributed by atoms with Crippen molar-refractivity contribution in [2.24, 2.45) is 57.0 Å². The summed E-state index contributed by atoms with van der Waals surface area (Å²) in [5.41, 5.74) is 4.56. The van der Waals surface area contributed by atoms with Crippen molar-refractivity contribution in [3.8, 4) is 0 Å². The lowest BCUT2D eigenvalue weighted by atomic mass is 9.35. The number of carbonyl (C=O) groups excluding carboxylic acids is 1. The van der Waals surface area contributed by atoms with Crippen LogP contribution in [0.2, 0.25) is 0 Å². The Balaban J connectivity index is 1.56. The molecule has 4 fully saturated rings. The van der Waals surface area contributed by atoms with E-state index >= 15 is 0 Å². The molecule has 0 radical (unpaired) electrons. The Kier molecular flexibility index (Phi) is 9.18. The van der Waals surface area contributed by atoms with E-state index in [2.05, 4.69) is 41.5 Å². The van der Waals surface area contributed by atoms with Gasteiger partial charge in [0.1, 0.15) is 12.1 Å². The van der Waals surface area contributed by atoms with Crippen molar-refractivity contribution in [1.82, 2.24) is 0 Å². The third-order valence-electron chi connectivity index (χ3n) is 14.4. The van der Waals surface area contributed by atoms with Crippen LogP contribution in [0, 0.1) is 51.2 Å². The highest BCUT2D eigenvalue weighted by Crippen LogP contribution is 2.76. The second-order valence-electron chi connectivity index (χ2n) is 17.7. The number of hydrogen-bond donors (Lipinski definition) is 4. The molecular weight excluding hydrogens is 526 g/mol. The number of ether oxygens (including phenoxy) is 1. The van der Waals surface area contributed by atoms with E-state index in [9.17, 15) is 20.1 Å². The van der Waals surface area contributed by atoms with E-state index in [1.54, 1.807) is 0 Å². The Morgan fingerprint density at radius 2 is 1.57 bits per heavy atom. The zero-order valence-corrected chi connectivity index (χ0v) is 28.6. The molecule has 6 nitrogen and oxygen atoms in total. The van der Waals surface area contributed by atoms with Gasteiger partial charge in [-0.25, -0.2) is 0 Å². The fraction of sp³-hybridized carbons (Fsp3) is 0.972. The molecule has 4 aliphatic rings. The number of aliphatic hydroxyl groups is 3. The highest BCUT2D eigenvalue weighted by molar-refractivity contribution is 5.76. The minimum atomic E-state index is -0.862. The van der Waals surface area contributed by atoms with Gasteiger partial charge in [-0.05, 0) is 131 Å². The average Bonchev–Trinajstić information content (AvgIpc) is 3.26. The van der Waals surface area contributed by atoms with Crippen molar-refractivity contribution in [2.45, 2.75) is 169 Å². The van der Waals surface area contributed by atoms with Crippen LogP contribution in [-0.4, -0.2) is 50.7 Å². The molecule has 0 spiro atoms. The van der Waals surface area contributed by atoms with E-state index in [0.717, 1.165) is 57.8 Å². The molecule has 0 amide bonds. The second kappa shape index (κ2) is 11.3. The maximum atomic E-state index is 13.0. The van der Waals surface area contributed by atoms with E-state index in [0.29, 0.717) is 24.7 Å². The van der Waals surface area contributed by atoms with Crippen molar-refractivity contribution in [2.75, 3.05) is 0 Å². The molecule has 0 aromatic heterocycles. The summed E-state index contributed by atoms with van der Waals surface area (Å²) in [4.78, 5) is 13.0. The SMILES string of the molecule is CC[C@H](C)[C@H](N)C(=O)O[C@H]1CC[C@]2(C)[C@H]3C[C@@H](O)[C@@H]4[C@@H]([C@](C)(O)CCCC(C)(C)O)CC[C@@]4(C)[C@]3(C)CC[C@H]2C1(C)C. The van der Waals surface area contributed by atoms with Gasteiger partial charge < -0.3 is 25.8 Å². The summed E-state index contributed by atoms with van der Waals surface area (Å²) >= 11 is 0. The van der Waals surface area contributed by atoms with Crippen LogP contribution in [0.1, 0.15) is 140 Å². The van der Waals surface area contributed by atoms with Gasteiger partial charge in [-0.2, -0.15) is 0 Å². The van der Waals surface area contributed by atoms with Gasteiger partial charge in [0.05, 0.1) is 17.3 Å². The lowest BCUT2D eigenvalue weighted by Crippen LogP contribution is -2.67. The zero-order valence-electron chi connectivity index (χ0n) is 28.6. The fourth-order valence-corrected chi connectivity index (χ4v) is 11.4. The molecule has 0 bridgehead atoms. The highest BCUT2D eigenvalue weighted by Gasteiger charge is 2.71. The molecule has 0 aromatic carbocycles. The molecule has 42 heavy (non-hydrogen) atoms. The normalized spacial score (nSPS) is 44.2. The molecule has 12 atom stereocenters. The van der Waals surface area contributed by atoms with Crippen LogP contribution >= 0.6 is 0 Å². The summed E-state index contributed by atoms with van der Waals surface area (Å²) in [6.07, 6.45) is 9.11. The number of carbonyl (C=O) groups is 1. The van der Waals surface area contributed by atoms with E-state index in [4.69, 9.17) is 10.5 Å². The average molecular weight is 592 g/mol. The second-order valence-corrected chi connectivity index (χ2v) is 17.7. The molecule has 244 valence electrons. The number of esters is 1. The van der Waals surface area contributed by atoms with Crippen molar-refractivity contribution in [3.63, 3.8) is 0 Å². The number of rotatable bonds is 9. The predicted octanol–water partition coefficient (Wildman–Crippen LogP) is 6.62. The molecule has 4 saturated carbocycles. The Morgan fingerprint density at radius 3 is 2.17 bits per heavy atom.